The van der Waals surface area contributed by atoms with Crippen molar-refractivity contribution >= 4 is 102 Å². The summed E-state index contributed by atoms with van der Waals surface area (Å²) in [6.07, 6.45) is 11.1. The molecule has 13 rings (SSSR count). The van der Waals surface area contributed by atoms with E-state index in [1.165, 1.54) is 100 Å². The number of phenolic OH excluding ortho intramolecular Hbond substituents is 3. The Bertz CT molecular complexity index is 4870. The van der Waals surface area contributed by atoms with Crippen LogP contribution in [0, 0.1) is 34.0 Å². The molecular formula is C64H37N23O6. The Morgan fingerprint density at radius 2 is 0.710 bits per heavy atom. The first-order valence-corrected chi connectivity index (χ1v) is 27.5. The molecule has 13 aromatic rings. The molecule has 0 saturated heterocycles. The highest BCUT2D eigenvalue weighted by molar-refractivity contribution is 6.20. The van der Waals surface area contributed by atoms with Crippen LogP contribution in [-0.2, 0) is 0 Å². The normalized spacial score (nSPS) is 11.3. The maximum absolute atomic E-state index is 15.0. The number of anilines is 3. The number of amides is 3. The first kappa shape index (κ1) is 57.4. The number of azo groups is 3. The zero-order chi connectivity index (χ0) is 64.1. The average molecular weight is 1220 g/mol. The Balaban J connectivity index is 0.895. The number of nitrogens with zero attached hydrogens (tertiary/aromatic N) is 20. The van der Waals surface area contributed by atoms with Crippen LogP contribution in [0.3, 0.4) is 0 Å². The van der Waals surface area contributed by atoms with Crippen LogP contribution in [-0.4, -0.2) is 87.3 Å². The topological polar surface area (TPSA) is 411 Å². The van der Waals surface area contributed by atoms with Gasteiger partial charge in [0.05, 0.1) is 35.3 Å². The van der Waals surface area contributed by atoms with Gasteiger partial charge < -0.3 is 31.3 Å². The molecule has 0 saturated carbocycles. The van der Waals surface area contributed by atoms with Crippen molar-refractivity contribution in [1.82, 2.24) is 54.3 Å². The van der Waals surface area contributed by atoms with E-state index in [0.29, 0.717) is 22.0 Å². The van der Waals surface area contributed by atoms with Crippen LogP contribution < -0.4 is 16.0 Å². The van der Waals surface area contributed by atoms with Crippen molar-refractivity contribution in [3.63, 3.8) is 0 Å². The summed E-state index contributed by atoms with van der Waals surface area (Å²) >= 11 is 0. The third-order valence-corrected chi connectivity index (χ3v) is 14.1. The predicted molar refractivity (Wildman–Crippen MR) is 333 cm³/mol. The molecule has 0 unspecified atom stereocenters. The van der Waals surface area contributed by atoms with Crippen molar-refractivity contribution < 1.29 is 29.7 Å². The lowest BCUT2D eigenvalue weighted by molar-refractivity contribution is 0.101. The van der Waals surface area contributed by atoms with Crippen molar-refractivity contribution in [3.8, 4) is 53.2 Å². The van der Waals surface area contributed by atoms with Gasteiger partial charge in [-0.2, -0.15) is 45.1 Å². The number of aromatic nitrogens is 11. The summed E-state index contributed by atoms with van der Waals surface area (Å²) in [6, 6.07) is 42.5. The van der Waals surface area contributed by atoms with Crippen molar-refractivity contribution in [2.75, 3.05) is 16.0 Å². The quantitative estimate of drug-likeness (QED) is 0.0519. The molecule has 6 aromatic heterocycles. The summed E-state index contributed by atoms with van der Waals surface area (Å²) in [5.41, 5.74) is -1.71. The van der Waals surface area contributed by atoms with Gasteiger partial charge in [-0.15, -0.1) is 30.7 Å². The Morgan fingerprint density at radius 3 is 1.05 bits per heavy atom. The molecule has 0 radical (unpaired) electrons. The number of nitriles is 3. The van der Waals surface area contributed by atoms with Gasteiger partial charge >= 0.3 is 0 Å². The molecule has 29 heteroatoms. The lowest BCUT2D eigenvalue weighted by Crippen LogP contribution is -2.17. The minimum atomic E-state index is -0.922. The van der Waals surface area contributed by atoms with Crippen LogP contribution in [0.5, 0.6) is 17.2 Å². The second kappa shape index (κ2) is 24.6. The Kier molecular flexibility index (Phi) is 15.2. The van der Waals surface area contributed by atoms with E-state index < -0.39 is 35.0 Å². The van der Waals surface area contributed by atoms with Gasteiger partial charge in [-0.05, 0) is 93.0 Å². The maximum Gasteiger partial charge on any atom is 0.260 e. The highest BCUT2D eigenvalue weighted by Crippen LogP contribution is 2.43. The zero-order valence-electron chi connectivity index (χ0n) is 47.4. The molecule has 0 fully saturated rings. The molecule has 29 nitrogen and oxygen atoms in total. The minimum Gasteiger partial charge on any atom is -0.505 e. The molecule has 0 aliphatic carbocycles. The number of hydrogen-bond acceptors (Lipinski definition) is 23. The van der Waals surface area contributed by atoms with Gasteiger partial charge in [-0.3, -0.25) is 14.4 Å². The van der Waals surface area contributed by atoms with Crippen LogP contribution in [0.2, 0.25) is 0 Å². The van der Waals surface area contributed by atoms with E-state index in [-0.39, 0.29) is 113 Å². The summed E-state index contributed by atoms with van der Waals surface area (Å²) in [5, 5.41) is 115. The van der Waals surface area contributed by atoms with Crippen LogP contribution in [0.1, 0.15) is 47.8 Å². The van der Waals surface area contributed by atoms with E-state index in [1.807, 2.05) is 18.2 Å². The summed E-state index contributed by atoms with van der Waals surface area (Å²) in [6.45, 7) is 0. The molecule has 3 amide bonds. The Hall–Kier alpha value is -14.7. The first-order valence-electron chi connectivity index (χ1n) is 27.5. The van der Waals surface area contributed by atoms with Crippen LogP contribution >= 0.6 is 0 Å². The number of benzene rings is 7. The number of rotatable bonds is 15. The third kappa shape index (κ3) is 11.2. The molecular weight excluding hydrogens is 1190 g/mol. The number of pyridine rings is 1. The molecule has 0 aliphatic heterocycles. The molecule has 7 aromatic carbocycles. The standard InChI is InChI=1S/C64H37N23O6/c65-29-38-32-73-85(50-17-7-8-18-68-50)57(38)82-79-47-23-35-11-1-4-14-44(35)51(54(47)88)60(91)76-41-26-42(77-61(92)52-45-15-5-2-12-36(45)24-48(55(52)89)80-83-58-39(30-66)33-74-86(58)63-69-19-9-20-70-63)28-43(27-41)78-62(93)53-46-16-6-3-13-37(46)25-49(56(53)90)81-84-59-40(31-67)34-75-87(59)64-71-21-10-22-72-64/h1-28,32-34,88-90H,(H,76,91)(H,77,92)(H,78,93)/b82-79+,83-80+,84-81+. The molecule has 0 bridgehead atoms. The van der Waals surface area contributed by atoms with E-state index in [2.05, 4.69) is 86.9 Å². The largest absolute Gasteiger partial charge is 0.505 e. The lowest BCUT2D eigenvalue weighted by Gasteiger charge is -2.16. The molecule has 444 valence electrons. The van der Waals surface area contributed by atoms with Crippen LogP contribution in [0.15, 0.2) is 220 Å². The fourth-order valence-corrected chi connectivity index (χ4v) is 9.90. The summed E-state index contributed by atoms with van der Waals surface area (Å²) in [4.78, 5) is 65.9. The van der Waals surface area contributed by atoms with E-state index >= 15 is 0 Å². The van der Waals surface area contributed by atoms with E-state index in [4.69, 9.17) is 0 Å². The highest BCUT2D eigenvalue weighted by atomic mass is 16.3. The summed E-state index contributed by atoms with van der Waals surface area (Å²) in [7, 11) is 0. The number of nitrogens with one attached hydrogen (secondary N) is 3. The van der Waals surface area contributed by atoms with Crippen LogP contribution in [0.4, 0.5) is 51.6 Å². The molecule has 6 heterocycles. The van der Waals surface area contributed by atoms with Gasteiger partial charge in [-0.1, -0.05) is 78.9 Å². The minimum absolute atomic E-state index is 0.00622. The van der Waals surface area contributed by atoms with Crippen molar-refractivity contribution in [3.05, 3.63) is 222 Å². The molecule has 0 atom stereocenters. The van der Waals surface area contributed by atoms with E-state index in [0.717, 1.165) is 0 Å². The predicted octanol–water partition coefficient (Wildman–Crippen LogP) is 12.4. The lowest BCUT2D eigenvalue weighted by atomic mass is 10.0. The fraction of sp³-hybridized carbons (Fsp3) is 0. The van der Waals surface area contributed by atoms with Crippen molar-refractivity contribution in [1.29, 1.82) is 15.8 Å². The second-order valence-corrected chi connectivity index (χ2v) is 19.8. The SMILES string of the molecule is N#Cc1cnn(-c2ccccn2)c1/N=N/c1cc2ccccc2c(C(=O)Nc2cc(NC(=O)c3c(O)c(/N=N/c4c(C#N)cnn4-c4ncccn4)cc4ccccc34)cc(NC(=O)c3c(O)c(/N=N/c4c(C#N)cnn4-c4ncccn4)cc4ccccc34)c2)c1O. The van der Waals surface area contributed by atoms with Gasteiger partial charge in [0.15, 0.2) is 40.5 Å². The Morgan fingerprint density at radius 1 is 0.387 bits per heavy atom. The van der Waals surface area contributed by atoms with Gasteiger partial charge in [0.1, 0.15) is 52.0 Å². The summed E-state index contributed by atoms with van der Waals surface area (Å²) < 4.78 is 3.64. The second-order valence-electron chi connectivity index (χ2n) is 19.8. The highest BCUT2D eigenvalue weighted by Gasteiger charge is 2.26. The first-order chi connectivity index (χ1) is 45.5. The maximum atomic E-state index is 15.0. The smallest absolute Gasteiger partial charge is 0.260 e. The van der Waals surface area contributed by atoms with Gasteiger partial charge in [0, 0.05) is 48.0 Å². The number of phenols is 3. The van der Waals surface area contributed by atoms with Crippen molar-refractivity contribution in [2.24, 2.45) is 30.7 Å². The van der Waals surface area contributed by atoms with Gasteiger partial charge in [0.2, 0.25) is 0 Å². The summed E-state index contributed by atoms with van der Waals surface area (Å²) in [5.74, 6) is -4.40. The number of fused-ring (bicyclic) bond motifs is 3. The van der Waals surface area contributed by atoms with Crippen LogP contribution in [0.25, 0.3) is 50.0 Å². The number of carbonyl (C=O) groups is 3. The average Bonchev–Trinajstić information content (AvgIpc) is 1.67. The molecule has 6 N–H and O–H groups in total. The molecule has 93 heavy (non-hydrogen) atoms. The third-order valence-electron chi connectivity index (χ3n) is 14.1. The fourth-order valence-electron chi connectivity index (χ4n) is 9.90. The number of carbonyl (C=O) groups excluding carboxylic acids is 3. The van der Waals surface area contributed by atoms with Gasteiger partial charge in [0.25, 0.3) is 29.6 Å². The van der Waals surface area contributed by atoms with Gasteiger partial charge in [-0.25, -0.2) is 24.9 Å². The molecule has 0 spiro atoms. The monoisotopic (exact) mass is 1220 g/mol. The Labute approximate surface area is 521 Å². The van der Waals surface area contributed by atoms with E-state index in [1.54, 1.807) is 103 Å². The number of aromatic hydroxyl groups is 3. The zero-order valence-corrected chi connectivity index (χ0v) is 47.4. The molecule has 0 aliphatic rings. The number of hydrogen-bond donors (Lipinski definition) is 6. The van der Waals surface area contributed by atoms with Crippen molar-refractivity contribution in [2.45, 2.75) is 0 Å². The van der Waals surface area contributed by atoms with E-state index in [9.17, 15) is 45.5 Å².